The van der Waals surface area contributed by atoms with Gasteiger partial charge in [-0.2, -0.15) is 5.26 Å². The van der Waals surface area contributed by atoms with E-state index in [9.17, 15) is 0 Å². The lowest BCUT2D eigenvalue weighted by Gasteiger charge is -2.23. The Kier molecular flexibility index (Phi) is 5.27. The molecular weight excluding hydrogens is 236 g/mol. The van der Waals surface area contributed by atoms with Gasteiger partial charge in [-0.25, -0.2) is 4.42 Å². The summed E-state index contributed by atoms with van der Waals surface area (Å²) in [5.74, 6) is 0.735. The van der Waals surface area contributed by atoms with Crippen molar-refractivity contribution in [1.29, 1.82) is 5.26 Å². The summed E-state index contributed by atoms with van der Waals surface area (Å²) in [6, 6.07) is 9.96. The Balaban J connectivity index is 2.61. The van der Waals surface area contributed by atoms with Gasteiger partial charge in [0.2, 0.25) is 0 Å². The molecule has 92 valence electrons. The van der Waals surface area contributed by atoms with Crippen LogP contribution in [0.2, 0.25) is 0 Å². The molecule has 3 nitrogen and oxygen atoms in total. The van der Waals surface area contributed by atoms with Crippen molar-refractivity contribution in [2.75, 3.05) is 7.11 Å². The molecule has 0 heterocycles. The molecule has 2 atom stereocenters. The summed E-state index contributed by atoms with van der Waals surface area (Å²) in [7, 11) is 1.64. The van der Waals surface area contributed by atoms with Crippen LogP contribution >= 0.6 is 11.8 Å². The zero-order valence-corrected chi connectivity index (χ0v) is 11.1. The van der Waals surface area contributed by atoms with Crippen molar-refractivity contribution in [3.05, 3.63) is 29.8 Å². The number of ether oxygens (including phenoxy) is 1. The van der Waals surface area contributed by atoms with Crippen molar-refractivity contribution in [2.24, 2.45) is 5.92 Å². The average molecular weight is 253 g/mol. The fourth-order valence-corrected chi connectivity index (χ4v) is 1.71. The zero-order chi connectivity index (χ0) is 12.8. The van der Waals surface area contributed by atoms with E-state index >= 15 is 0 Å². The summed E-state index contributed by atoms with van der Waals surface area (Å²) in [5.41, 5.74) is 1.10. The van der Waals surface area contributed by atoms with E-state index in [-0.39, 0.29) is 12.0 Å². The lowest BCUT2D eigenvalue weighted by atomic mass is 10.1. The van der Waals surface area contributed by atoms with Crippen LogP contribution in [-0.2, 0) is 6.54 Å². The van der Waals surface area contributed by atoms with Gasteiger partial charge in [-0.15, -0.1) is 0 Å². The predicted octanol–water partition coefficient (Wildman–Crippen LogP) is 3.20. The molecule has 0 saturated heterocycles. The molecule has 17 heavy (non-hydrogen) atoms. The van der Waals surface area contributed by atoms with E-state index in [0.29, 0.717) is 6.54 Å². The Morgan fingerprint density at radius 2 is 1.94 bits per heavy atom. The van der Waals surface area contributed by atoms with Crippen LogP contribution in [-0.4, -0.2) is 17.6 Å². The molecule has 0 aliphatic heterocycles. The topological polar surface area (TPSA) is 36.3 Å². The van der Waals surface area contributed by atoms with Gasteiger partial charge >= 0.3 is 0 Å². The van der Waals surface area contributed by atoms with Gasteiger partial charge in [0.25, 0.3) is 0 Å². The fourth-order valence-electron chi connectivity index (χ4n) is 1.40. The summed E-state index contributed by atoms with van der Waals surface area (Å²) < 4.78 is 6.75. The predicted molar refractivity (Wildman–Crippen MR) is 68.6 cm³/mol. The van der Waals surface area contributed by atoms with E-state index in [2.05, 4.69) is 6.07 Å². The van der Waals surface area contributed by atoms with Crippen molar-refractivity contribution in [2.45, 2.75) is 26.4 Å². The van der Waals surface area contributed by atoms with Gasteiger partial charge in [0.05, 0.1) is 19.1 Å². The minimum absolute atomic E-state index is 0.0174. The highest BCUT2D eigenvalue weighted by atomic mass is 35.5. The lowest BCUT2D eigenvalue weighted by Crippen LogP contribution is -2.29. The molecule has 1 rings (SSSR count). The fraction of sp³-hybridized carbons (Fsp3) is 0.462. The van der Waals surface area contributed by atoms with Crippen LogP contribution < -0.4 is 4.74 Å². The highest BCUT2D eigenvalue weighted by Crippen LogP contribution is 2.18. The zero-order valence-electron chi connectivity index (χ0n) is 10.4. The molecule has 0 bridgehead atoms. The Bertz CT molecular complexity index is 385. The van der Waals surface area contributed by atoms with Crippen molar-refractivity contribution in [3.8, 4) is 11.8 Å². The molecule has 2 unspecified atom stereocenters. The molecule has 0 aromatic heterocycles. The molecule has 0 N–H and O–H groups in total. The summed E-state index contributed by atoms with van der Waals surface area (Å²) in [5, 5.41) is 8.84. The monoisotopic (exact) mass is 252 g/mol. The maximum absolute atomic E-state index is 8.84. The van der Waals surface area contributed by atoms with Crippen LogP contribution in [0.1, 0.15) is 19.4 Å². The Morgan fingerprint density at radius 3 is 2.41 bits per heavy atom. The van der Waals surface area contributed by atoms with E-state index in [1.54, 1.807) is 11.5 Å². The highest BCUT2D eigenvalue weighted by molar-refractivity contribution is 6.13. The molecule has 0 fully saturated rings. The molecule has 1 aromatic rings. The molecule has 0 amide bonds. The molecule has 0 spiro atoms. The Hall–Kier alpha value is -1.24. The summed E-state index contributed by atoms with van der Waals surface area (Å²) in [6.07, 6.45) is 0. The van der Waals surface area contributed by atoms with Gasteiger partial charge in [-0.3, -0.25) is 0 Å². The molecule has 0 saturated carbocycles. The van der Waals surface area contributed by atoms with Gasteiger partial charge in [0.1, 0.15) is 5.75 Å². The first kappa shape index (κ1) is 13.8. The molecule has 0 aliphatic carbocycles. The normalized spacial score (nSPS) is 14.1. The quantitative estimate of drug-likeness (QED) is 0.755. The van der Waals surface area contributed by atoms with Gasteiger partial charge in [0.15, 0.2) is 0 Å². The van der Waals surface area contributed by atoms with Gasteiger partial charge in [-0.1, -0.05) is 12.1 Å². The van der Waals surface area contributed by atoms with E-state index in [0.717, 1.165) is 11.3 Å². The van der Waals surface area contributed by atoms with Crippen molar-refractivity contribution >= 4 is 11.8 Å². The van der Waals surface area contributed by atoms with Gasteiger partial charge in [0, 0.05) is 12.6 Å². The van der Waals surface area contributed by atoms with E-state index in [1.807, 2.05) is 38.1 Å². The van der Waals surface area contributed by atoms with Crippen LogP contribution in [0.4, 0.5) is 0 Å². The third kappa shape index (κ3) is 3.92. The first-order chi connectivity index (χ1) is 8.08. The van der Waals surface area contributed by atoms with Gasteiger partial charge in [-0.05, 0) is 43.3 Å². The van der Waals surface area contributed by atoms with Crippen LogP contribution in [0, 0.1) is 17.2 Å². The maximum atomic E-state index is 8.84. The van der Waals surface area contributed by atoms with Crippen LogP contribution in [0.5, 0.6) is 5.75 Å². The number of benzene rings is 1. The Morgan fingerprint density at radius 1 is 1.35 bits per heavy atom. The number of nitrogens with zero attached hydrogens (tertiary/aromatic N) is 2. The molecule has 4 heteroatoms. The van der Waals surface area contributed by atoms with E-state index < -0.39 is 0 Å². The number of nitriles is 1. The largest absolute Gasteiger partial charge is 0.497 e. The lowest BCUT2D eigenvalue weighted by molar-refractivity contribution is 0.306. The molecular formula is C13H17ClN2O. The summed E-state index contributed by atoms with van der Waals surface area (Å²) in [4.78, 5) is 0. The first-order valence-corrected chi connectivity index (χ1v) is 5.87. The maximum Gasteiger partial charge on any atom is 0.118 e. The van der Waals surface area contributed by atoms with E-state index in [4.69, 9.17) is 21.8 Å². The van der Waals surface area contributed by atoms with Crippen LogP contribution in [0.3, 0.4) is 0 Å². The van der Waals surface area contributed by atoms with E-state index in [1.165, 1.54) is 0 Å². The second-order valence-corrected chi connectivity index (χ2v) is 4.50. The van der Waals surface area contributed by atoms with Crippen molar-refractivity contribution in [3.63, 3.8) is 0 Å². The number of halogens is 1. The summed E-state index contributed by atoms with van der Waals surface area (Å²) >= 11 is 6.16. The molecule has 0 aliphatic rings. The van der Waals surface area contributed by atoms with Crippen LogP contribution in [0.15, 0.2) is 24.3 Å². The molecule has 1 aromatic carbocycles. The SMILES string of the molecule is COc1ccc(CN(Cl)C(C)C(C)C#N)cc1. The number of rotatable bonds is 5. The smallest absolute Gasteiger partial charge is 0.118 e. The first-order valence-electron chi connectivity index (χ1n) is 5.53. The Labute approximate surface area is 108 Å². The van der Waals surface area contributed by atoms with Crippen LogP contribution in [0.25, 0.3) is 0 Å². The second-order valence-electron chi connectivity index (χ2n) is 4.06. The highest BCUT2D eigenvalue weighted by Gasteiger charge is 2.18. The number of hydrogen-bond donors (Lipinski definition) is 0. The minimum Gasteiger partial charge on any atom is -0.497 e. The average Bonchev–Trinajstić information content (AvgIpc) is 2.37. The third-order valence-corrected chi connectivity index (χ3v) is 3.29. The minimum atomic E-state index is -0.0919. The summed E-state index contributed by atoms with van der Waals surface area (Å²) in [6.45, 7) is 4.43. The van der Waals surface area contributed by atoms with Crippen molar-refractivity contribution < 1.29 is 4.74 Å². The number of methoxy groups -OCH3 is 1. The van der Waals surface area contributed by atoms with Crippen molar-refractivity contribution in [1.82, 2.24) is 4.42 Å². The molecule has 0 radical (unpaired) electrons. The second kappa shape index (κ2) is 6.48. The number of hydrogen-bond acceptors (Lipinski definition) is 3. The van der Waals surface area contributed by atoms with Gasteiger partial charge < -0.3 is 4.74 Å². The standard InChI is InChI=1S/C13H17ClN2O/c1-10(8-15)11(2)16(14)9-12-4-6-13(17-3)7-5-12/h4-7,10-11H,9H2,1-3H3. The third-order valence-electron chi connectivity index (χ3n) is 2.86.